The summed E-state index contributed by atoms with van der Waals surface area (Å²) < 4.78 is 28.6. The number of likely N-dealkylation sites (N-methyl/N-ethyl adjacent to an activating group) is 1. The first-order valence-corrected chi connectivity index (χ1v) is 7.69. The summed E-state index contributed by atoms with van der Waals surface area (Å²) in [6.45, 7) is 3.09. The van der Waals surface area contributed by atoms with Crippen molar-refractivity contribution >= 4 is 10.0 Å². The normalized spacial score (nSPS) is 13.5. The number of nitrogens with one attached hydrogen (secondary N) is 3. The van der Waals surface area contributed by atoms with Crippen molar-refractivity contribution in [1.29, 1.82) is 0 Å². The van der Waals surface area contributed by atoms with Crippen molar-refractivity contribution in [1.82, 2.24) is 30.0 Å². The molecule has 9 heteroatoms. The van der Waals surface area contributed by atoms with E-state index >= 15 is 0 Å². The van der Waals surface area contributed by atoms with Gasteiger partial charge < -0.3 is 5.32 Å². The number of hydrogen-bond acceptors (Lipinski definition) is 5. The fourth-order valence-electron chi connectivity index (χ4n) is 1.70. The highest BCUT2D eigenvalue weighted by Crippen LogP contribution is 2.15. The molecule has 2 aromatic heterocycles. The molecule has 0 amide bonds. The molecule has 0 saturated heterocycles. The Bertz CT molecular complexity index is 634. The van der Waals surface area contributed by atoms with Crippen LogP contribution in [0.2, 0.25) is 0 Å². The molecule has 0 aromatic carbocycles. The van der Waals surface area contributed by atoms with Crippen LogP contribution in [0.15, 0.2) is 29.7 Å². The standard InChI is InChI=1S/C11H18N6O2S/c1-9(10-5-13-14-6-10)16-20(18,19)11-7-15-17(8-11)4-3-12-2/h5-9,12,16H,3-4H2,1-2H3,(H,13,14). The second-order valence-corrected chi connectivity index (χ2v) is 6.13. The van der Waals surface area contributed by atoms with Gasteiger partial charge in [-0.25, -0.2) is 13.1 Å². The molecule has 0 radical (unpaired) electrons. The van der Waals surface area contributed by atoms with Gasteiger partial charge in [0.2, 0.25) is 10.0 Å². The highest BCUT2D eigenvalue weighted by Gasteiger charge is 2.20. The molecule has 0 aliphatic heterocycles. The monoisotopic (exact) mass is 298 g/mol. The highest BCUT2D eigenvalue weighted by molar-refractivity contribution is 7.89. The zero-order chi connectivity index (χ0) is 14.6. The van der Waals surface area contributed by atoms with E-state index in [1.807, 2.05) is 7.05 Å². The summed E-state index contributed by atoms with van der Waals surface area (Å²) >= 11 is 0. The summed E-state index contributed by atoms with van der Waals surface area (Å²) in [5.74, 6) is 0. The molecule has 0 aliphatic rings. The Morgan fingerprint density at radius 2 is 2.25 bits per heavy atom. The molecule has 1 atom stereocenters. The quantitative estimate of drug-likeness (QED) is 0.660. The Kier molecular flexibility index (Phi) is 4.53. The minimum absolute atomic E-state index is 0.156. The smallest absolute Gasteiger partial charge is 0.244 e. The molecule has 2 heterocycles. The van der Waals surface area contributed by atoms with Crippen LogP contribution in [-0.4, -0.2) is 42.0 Å². The third-order valence-corrected chi connectivity index (χ3v) is 4.36. The van der Waals surface area contributed by atoms with E-state index in [-0.39, 0.29) is 10.9 Å². The first-order chi connectivity index (χ1) is 9.53. The zero-order valence-electron chi connectivity index (χ0n) is 11.4. The van der Waals surface area contributed by atoms with Crippen LogP contribution >= 0.6 is 0 Å². The molecule has 1 unspecified atom stereocenters. The molecule has 0 aliphatic carbocycles. The van der Waals surface area contributed by atoms with Crippen LogP contribution in [0, 0.1) is 0 Å². The van der Waals surface area contributed by atoms with Crippen molar-refractivity contribution in [2.45, 2.75) is 24.4 Å². The lowest BCUT2D eigenvalue weighted by Gasteiger charge is -2.11. The van der Waals surface area contributed by atoms with Crippen LogP contribution in [0.5, 0.6) is 0 Å². The van der Waals surface area contributed by atoms with Gasteiger partial charge in [-0.05, 0) is 14.0 Å². The van der Waals surface area contributed by atoms with Gasteiger partial charge in [0.05, 0.1) is 18.9 Å². The number of sulfonamides is 1. The van der Waals surface area contributed by atoms with E-state index in [1.165, 1.54) is 12.4 Å². The van der Waals surface area contributed by atoms with Crippen LogP contribution in [-0.2, 0) is 16.6 Å². The van der Waals surface area contributed by atoms with E-state index in [1.54, 1.807) is 24.0 Å². The number of hydrogen-bond donors (Lipinski definition) is 3. The van der Waals surface area contributed by atoms with Crippen LogP contribution in [0.4, 0.5) is 0 Å². The molecular formula is C11H18N6O2S. The van der Waals surface area contributed by atoms with Gasteiger partial charge in [-0.3, -0.25) is 9.78 Å². The summed E-state index contributed by atoms with van der Waals surface area (Å²) in [6.07, 6.45) is 6.11. The molecule has 0 fully saturated rings. The average Bonchev–Trinajstić information content (AvgIpc) is 3.07. The molecule has 2 rings (SSSR count). The maximum Gasteiger partial charge on any atom is 0.244 e. The second kappa shape index (κ2) is 6.16. The molecule has 20 heavy (non-hydrogen) atoms. The summed E-state index contributed by atoms with van der Waals surface area (Å²) in [7, 11) is -1.76. The summed E-state index contributed by atoms with van der Waals surface area (Å²) in [5, 5.41) is 13.5. The van der Waals surface area contributed by atoms with Gasteiger partial charge in [0.25, 0.3) is 0 Å². The molecule has 110 valence electrons. The van der Waals surface area contributed by atoms with Gasteiger partial charge in [-0.2, -0.15) is 10.2 Å². The lowest BCUT2D eigenvalue weighted by molar-refractivity contribution is 0.565. The molecule has 2 aromatic rings. The maximum absolute atomic E-state index is 12.2. The van der Waals surface area contributed by atoms with Crippen molar-refractivity contribution in [2.24, 2.45) is 0 Å². The Balaban J connectivity index is 2.08. The summed E-state index contributed by atoms with van der Waals surface area (Å²) in [4.78, 5) is 0.156. The fraction of sp³-hybridized carbons (Fsp3) is 0.455. The van der Waals surface area contributed by atoms with E-state index in [4.69, 9.17) is 0 Å². The number of aromatic nitrogens is 4. The van der Waals surface area contributed by atoms with Gasteiger partial charge in [-0.15, -0.1) is 0 Å². The van der Waals surface area contributed by atoms with E-state index in [0.29, 0.717) is 6.54 Å². The molecule has 8 nitrogen and oxygen atoms in total. The van der Waals surface area contributed by atoms with E-state index in [2.05, 4.69) is 25.3 Å². The highest BCUT2D eigenvalue weighted by atomic mass is 32.2. The molecule has 0 bridgehead atoms. The van der Waals surface area contributed by atoms with Crippen LogP contribution in [0.1, 0.15) is 18.5 Å². The first-order valence-electron chi connectivity index (χ1n) is 6.21. The third kappa shape index (κ3) is 3.44. The Morgan fingerprint density at radius 1 is 1.45 bits per heavy atom. The van der Waals surface area contributed by atoms with Crippen LogP contribution < -0.4 is 10.0 Å². The Morgan fingerprint density at radius 3 is 2.90 bits per heavy atom. The predicted octanol–water partition coefficient (Wildman–Crippen LogP) is -0.135. The number of aromatic amines is 1. The predicted molar refractivity (Wildman–Crippen MR) is 73.5 cm³/mol. The molecule has 0 spiro atoms. The summed E-state index contributed by atoms with van der Waals surface area (Å²) in [5.41, 5.74) is 0.774. The maximum atomic E-state index is 12.2. The lowest BCUT2D eigenvalue weighted by atomic mass is 10.2. The third-order valence-electron chi connectivity index (χ3n) is 2.86. The van der Waals surface area contributed by atoms with E-state index in [0.717, 1.165) is 12.1 Å². The average molecular weight is 298 g/mol. The van der Waals surface area contributed by atoms with Crippen molar-refractivity contribution < 1.29 is 8.42 Å². The SMILES string of the molecule is CNCCn1cc(S(=O)(=O)NC(C)c2cn[nH]c2)cn1. The van der Waals surface area contributed by atoms with Crippen molar-refractivity contribution in [3.63, 3.8) is 0 Å². The van der Waals surface area contributed by atoms with Crippen LogP contribution in [0.3, 0.4) is 0 Å². The van der Waals surface area contributed by atoms with Crippen molar-refractivity contribution in [2.75, 3.05) is 13.6 Å². The Hall–Kier alpha value is -1.71. The molecular weight excluding hydrogens is 280 g/mol. The topological polar surface area (TPSA) is 105 Å². The fourth-order valence-corrected chi connectivity index (χ4v) is 2.88. The van der Waals surface area contributed by atoms with Gasteiger partial charge in [-0.1, -0.05) is 0 Å². The van der Waals surface area contributed by atoms with Crippen molar-refractivity contribution in [3.8, 4) is 0 Å². The summed E-state index contributed by atoms with van der Waals surface area (Å²) in [6, 6.07) is -0.362. The molecule has 3 N–H and O–H groups in total. The van der Waals surface area contributed by atoms with Gasteiger partial charge >= 0.3 is 0 Å². The van der Waals surface area contributed by atoms with E-state index in [9.17, 15) is 8.42 Å². The minimum atomic E-state index is -3.59. The van der Waals surface area contributed by atoms with Gasteiger partial charge in [0.15, 0.2) is 0 Å². The zero-order valence-corrected chi connectivity index (χ0v) is 12.2. The first kappa shape index (κ1) is 14.7. The molecule has 0 saturated carbocycles. The van der Waals surface area contributed by atoms with Gasteiger partial charge in [0.1, 0.15) is 4.90 Å². The minimum Gasteiger partial charge on any atom is -0.318 e. The Labute approximate surface area is 117 Å². The lowest BCUT2D eigenvalue weighted by Crippen LogP contribution is -2.26. The van der Waals surface area contributed by atoms with Crippen LogP contribution in [0.25, 0.3) is 0 Å². The largest absolute Gasteiger partial charge is 0.318 e. The van der Waals surface area contributed by atoms with Crippen molar-refractivity contribution in [3.05, 3.63) is 30.4 Å². The number of nitrogens with zero attached hydrogens (tertiary/aromatic N) is 3. The van der Waals surface area contributed by atoms with E-state index < -0.39 is 10.0 Å². The second-order valence-electron chi connectivity index (χ2n) is 4.42. The number of H-pyrrole nitrogens is 1. The number of rotatable bonds is 7. The van der Waals surface area contributed by atoms with Gasteiger partial charge in [0, 0.05) is 30.5 Å².